The van der Waals surface area contributed by atoms with Gasteiger partial charge in [-0.1, -0.05) is 23.5 Å². The number of anilines is 1. The minimum atomic E-state index is 0.371. The fourth-order valence-corrected chi connectivity index (χ4v) is 3.29. The highest BCUT2D eigenvalue weighted by Gasteiger charge is 2.17. The van der Waals surface area contributed by atoms with Crippen molar-refractivity contribution in [3.05, 3.63) is 24.3 Å². The first-order valence-corrected chi connectivity index (χ1v) is 7.33. The molecule has 1 saturated heterocycles. The average molecular weight is 262 g/mol. The molecule has 1 unspecified atom stereocenters. The molecule has 0 amide bonds. The molecule has 3 rings (SSSR count). The SMILES string of the molecule is CN(CC1CCCCO1)c1nc2ccccc2s1. The van der Waals surface area contributed by atoms with E-state index < -0.39 is 0 Å². The van der Waals surface area contributed by atoms with E-state index >= 15 is 0 Å². The third-order valence-corrected chi connectivity index (χ3v) is 4.51. The van der Waals surface area contributed by atoms with Crippen LogP contribution in [0.2, 0.25) is 0 Å². The van der Waals surface area contributed by atoms with Crippen molar-refractivity contribution in [1.82, 2.24) is 4.98 Å². The zero-order valence-electron chi connectivity index (χ0n) is 10.6. The number of fused-ring (bicyclic) bond motifs is 1. The van der Waals surface area contributed by atoms with Gasteiger partial charge < -0.3 is 9.64 Å². The topological polar surface area (TPSA) is 25.4 Å². The van der Waals surface area contributed by atoms with Gasteiger partial charge in [0.15, 0.2) is 5.13 Å². The third-order valence-electron chi connectivity index (χ3n) is 3.36. The van der Waals surface area contributed by atoms with Crippen molar-refractivity contribution in [2.45, 2.75) is 25.4 Å². The van der Waals surface area contributed by atoms with Crippen molar-refractivity contribution in [1.29, 1.82) is 0 Å². The second-order valence-corrected chi connectivity index (χ2v) is 5.84. The number of likely N-dealkylation sites (N-methyl/N-ethyl adjacent to an activating group) is 1. The number of aromatic nitrogens is 1. The normalized spacial score (nSPS) is 20.2. The van der Waals surface area contributed by atoms with Crippen molar-refractivity contribution in [2.24, 2.45) is 0 Å². The first-order valence-electron chi connectivity index (χ1n) is 6.51. The Balaban J connectivity index is 1.72. The summed E-state index contributed by atoms with van der Waals surface area (Å²) < 4.78 is 7.03. The quantitative estimate of drug-likeness (QED) is 0.848. The van der Waals surface area contributed by atoms with E-state index in [9.17, 15) is 0 Å². The van der Waals surface area contributed by atoms with Gasteiger partial charge in [0.2, 0.25) is 0 Å². The van der Waals surface area contributed by atoms with Crippen LogP contribution < -0.4 is 4.90 Å². The molecule has 1 aliphatic heterocycles. The van der Waals surface area contributed by atoms with Gasteiger partial charge in [-0.2, -0.15) is 0 Å². The molecule has 1 aromatic heterocycles. The predicted molar refractivity (Wildman–Crippen MR) is 76.5 cm³/mol. The maximum atomic E-state index is 5.78. The molecule has 4 heteroatoms. The number of para-hydroxylation sites is 1. The van der Waals surface area contributed by atoms with Gasteiger partial charge in [-0.15, -0.1) is 0 Å². The number of thiazole rings is 1. The molecule has 1 fully saturated rings. The first kappa shape index (κ1) is 11.9. The summed E-state index contributed by atoms with van der Waals surface area (Å²) in [6.45, 7) is 1.86. The average Bonchev–Trinajstić information content (AvgIpc) is 2.84. The molecular formula is C14H18N2OS. The summed E-state index contributed by atoms with van der Waals surface area (Å²) in [5.74, 6) is 0. The number of hydrogen-bond acceptors (Lipinski definition) is 4. The van der Waals surface area contributed by atoms with Crippen LogP contribution in [0, 0.1) is 0 Å². The van der Waals surface area contributed by atoms with Gasteiger partial charge in [0.05, 0.1) is 16.3 Å². The molecule has 2 heterocycles. The Morgan fingerprint density at radius 3 is 3.06 bits per heavy atom. The molecule has 96 valence electrons. The molecule has 0 N–H and O–H groups in total. The van der Waals surface area contributed by atoms with E-state index in [-0.39, 0.29) is 0 Å². The summed E-state index contributed by atoms with van der Waals surface area (Å²) in [7, 11) is 2.11. The smallest absolute Gasteiger partial charge is 0.186 e. The van der Waals surface area contributed by atoms with Gasteiger partial charge in [-0.05, 0) is 31.4 Å². The molecule has 0 saturated carbocycles. The summed E-state index contributed by atoms with van der Waals surface area (Å²) in [5.41, 5.74) is 1.09. The van der Waals surface area contributed by atoms with Crippen LogP contribution in [0.4, 0.5) is 5.13 Å². The van der Waals surface area contributed by atoms with Crippen molar-refractivity contribution >= 4 is 26.7 Å². The summed E-state index contributed by atoms with van der Waals surface area (Å²) in [6.07, 6.45) is 4.05. The zero-order valence-corrected chi connectivity index (χ0v) is 11.4. The molecule has 0 radical (unpaired) electrons. The number of ether oxygens (including phenoxy) is 1. The molecule has 1 atom stereocenters. The number of rotatable bonds is 3. The van der Waals surface area contributed by atoms with Crippen molar-refractivity contribution in [3.63, 3.8) is 0 Å². The van der Waals surface area contributed by atoms with Crippen LogP contribution in [0.1, 0.15) is 19.3 Å². The summed E-state index contributed by atoms with van der Waals surface area (Å²) in [6, 6.07) is 8.30. The fraction of sp³-hybridized carbons (Fsp3) is 0.500. The lowest BCUT2D eigenvalue weighted by molar-refractivity contribution is 0.0216. The van der Waals surface area contributed by atoms with Crippen LogP contribution in [-0.2, 0) is 4.74 Å². The first-order chi connectivity index (χ1) is 8.83. The molecule has 1 aliphatic rings. The van der Waals surface area contributed by atoms with Gasteiger partial charge in [0.1, 0.15) is 0 Å². The van der Waals surface area contributed by atoms with Crippen LogP contribution >= 0.6 is 11.3 Å². The van der Waals surface area contributed by atoms with Crippen LogP contribution in [0.5, 0.6) is 0 Å². The van der Waals surface area contributed by atoms with Gasteiger partial charge in [-0.25, -0.2) is 4.98 Å². The van der Waals surface area contributed by atoms with Crippen LogP contribution in [0.15, 0.2) is 24.3 Å². The Kier molecular flexibility index (Phi) is 3.48. The highest BCUT2D eigenvalue weighted by molar-refractivity contribution is 7.22. The highest BCUT2D eigenvalue weighted by atomic mass is 32.1. The third kappa shape index (κ3) is 2.49. The molecular weight excluding hydrogens is 244 g/mol. The number of nitrogens with zero attached hydrogens (tertiary/aromatic N) is 2. The van der Waals surface area contributed by atoms with E-state index in [4.69, 9.17) is 4.74 Å². The van der Waals surface area contributed by atoms with E-state index in [0.717, 1.165) is 23.8 Å². The summed E-state index contributed by atoms with van der Waals surface area (Å²) >= 11 is 1.75. The lowest BCUT2D eigenvalue weighted by Gasteiger charge is -2.27. The Bertz CT molecular complexity index is 486. The summed E-state index contributed by atoms with van der Waals surface area (Å²) in [5, 5.41) is 1.09. The minimum absolute atomic E-state index is 0.371. The second kappa shape index (κ2) is 5.24. The van der Waals surface area contributed by atoms with Crippen LogP contribution in [0.25, 0.3) is 10.2 Å². The monoisotopic (exact) mass is 262 g/mol. The predicted octanol–water partition coefficient (Wildman–Crippen LogP) is 3.30. The van der Waals surface area contributed by atoms with Gasteiger partial charge in [-0.3, -0.25) is 0 Å². The maximum Gasteiger partial charge on any atom is 0.186 e. The lowest BCUT2D eigenvalue weighted by atomic mass is 10.1. The van der Waals surface area contributed by atoms with E-state index in [1.165, 1.54) is 24.0 Å². The Hall–Kier alpha value is -1.13. The largest absolute Gasteiger partial charge is 0.376 e. The molecule has 18 heavy (non-hydrogen) atoms. The lowest BCUT2D eigenvalue weighted by Crippen LogP contribution is -2.33. The van der Waals surface area contributed by atoms with Gasteiger partial charge in [0.25, 0.3) is 0 Å². The molecule has 3 nitrogen and oxygen atoms in total. The fourth-order valence-electron chi connectivity index (χ4n) is 2.36. The van der Waals surface area contributed by atoms with E-state index in [0.29, 0.717) is 6.10 Å². The van der Waals surface area contributed by atoms with Crippen molar-refractivity contribution < 1.29 is 4.74 Å². The Morgan fingerprint density at radius 2 is 2.28 bits per heavy atom. The van der Waals surface area contributed by atoms with Gasteiger partial charge in [0, 0.05) is 20.2 Å². The molecule has 0 aliphatic carbocycles. The van der Waals surface area contributed by atoms with Crippen molar-refractivity contribution in [3.8, 4) is 0 Å². The van der Waals surface area contributed by atoms with E-state index in [2.05, 4.69) is 35.1 Å². The second-order valence-electron chi connectivity index (χ2n) is 4.83. The van der Waals surface area contributed by atoms with Crippen molar-refractivity contribution in [2.75, 3.05) is 25.1 Å². The molecule has 2 aromatic rings. The van der Waals surface area contributed by atoms with E-state index in [1.54, 1.807) is 11.3 Å². The summed E-state index contributed by atoms with van der Waals surface area (Å²) in [4.78, 5) is 6.89. The number of benzene rings is 1. The number of hydrogen-bond donors (Lipinski definition) is 0. The van der Waals surface area contributed by atoms with E-state index in [1.807, 2.05) is 6.07 Å². The van der Waals surface area contributed by atoms with Gasteiger partial charge >= 0.3 is 0 Å². The minimum Gasteiger partial charge on any atom is -0.376 e. The molecule has 1 aromatic carbocycles. The Morgan fingerprint density at radius 1 is 1.39 bits per heavy atom. The standard InChI is InChI=1S/C14H18N2OS/c1-16(10-11-6-4-5-9-17-11)14-15-12-7-2-3-8-13(12)18-14/h2-3,7-8,11H,4-6,9-10H2,1H3. The zero-order chi connectivity index (χ0) is 12.4. The highest BCUT2D eigenvalue weighted by Crippen LogP contribution is 2.28. The van der Waals surface area contributed by atoms with Crippen LogP contribution in [0.3, 0.4) is 0 Å². The molecule has 0 bridgehead atoms. The van der Waals surface area contributed by atoms with Crippen LogP contribution in [-0.4, -0.2) is 31.3 Å². The molecule has 0 spiro atoms. The Labute approximate surface area is 111 Å². The maximum absolute atomic E-state index is 5.78.